The Balaban J connectivity index is 2.05. The van der Waals surface area contributed by atoms with Gasteiger partial charge in [-0.25, -0.2) is 4.98 Å². The molecule has 4 nitrogen and oxygen atoms in total. The number of hydrogen-bond acceptors (Lipinski definition) is 5. The van der Waals surface area contributed by atoms with Crippen LogP contribution in [0, 0.1) is 0 Å². The number of thiazole rings is 1. The molecule has 0 fully saturated rings. The Hall–Kier alpha value is -1.27. The molecule has 0 bridgehead atoms. The molecule has 2 rings (SSSR count). The first kappa shape index (κ1) is 15.1. The summed E-state index contributed by atoms with van der Waals surface area (Å²) in [6.45, 7) is 2.46. The van der Waals surface area contributed by atoms with E-state index in [1.165, 1.54) is 4.88 Å². The number of nitrogens with one attached hydrogen (secondary N) is 1. The zero-order valence-electron chi connectivity index (χ0n) is 11.6. The molecule has 1 aromatic heterocycles. The molecule has 20 heavy (non-hydrogen) atoms. The number of ether oxygens (including phenoxy) is 1. The van der Waals surface area contributed by atoms with Crippen LogP contribution in [0.3, 0.4) is 0 Å². The topological polar surface area (TPSA) is 54.4 Å². The van der Waals surface area contributed by atoms with E-state index < -0.39 is 0 Å². The van der Waals surface area contributed by atoms with E-state index in [-0.39, 0.29) is 6.61 Å². The van der Waals surface area contributed by atoms with Crippen LogP contribution in [-0.4, -0.2) is 36.9 Å². The summed E-state index contributed by atoms with van der Waals surface area (Å²) in [5, 5.41) is 13.4. The summed E-state index contributed by atoms with van der Waals surface area (Å²) in [6, 6.07) is 10.1. The molecule has 0 saturated heterocycles. The SMILES string of the molecule is COCCNCCc1sc(CO)nc1-c1ccccc1. The third-order valence-electron chi connectivity index (χ3n) is 2.94. The van der Waals surface area contributed by atoms with E-state index in [0.29, 0.717) is 0 Å². The molecule has 0 aliphatic carbocycles. The third kappa shape index (κ3) is 4.11. The summed E-state index contributed by atoms with van der Waals surface area (Å²) < 4.78 is 5.00. The first-order valence-electron chi connectivity index (χ1n) is 6.69. The monoisotopic (exact) mass is 292 g/mol. The Morgan fingerprint density at radius 2 is 2.05 bits per heavy atom. The Morgan fingerprint density at radius 1 is 1.25 bits per heavy atom. The van der Waals surface area contributed by atoms with Gasteiger partial charge in [-0.15, -0.1) is 11.3 Å². The molecule has 0 aliphatic rings. The molecule has 0 aliphatic heterocycles. The Morgan fingerprint density at radius 3 is 2.75 bits per heavy atom. The number of benzene rings is 1. The highest BCUT2D eigenvalue weighted by Gasteiger charge is 2.12. The normalized spacial score (nSPS) is 10.9. The summed E-state index contributed by atoms with van der Waals surface area (Å²) in [4.78, 5) is 5.74. The first-order chi connectivity index (χ1) is 9.85. The lowest BCUT2D eigenvalue weighted by Gasteiger charge is -2.04. The van der Waals surface area contributed by atoms with Crippen LogP contribution in [0.1, 0.15) is 9.88 Å². The van der Waals surface area contributed by atoms with E-state index in [2.05, 4.69) is 22.4 Å². The quantitative estimate of drug-likeness (QED) is 0.732. The fourth-order valence-electron chi connectivity index (χ4n) is 1.96. The van der Waals surface area contributed by atoms with Crippen LogP contribution in [0.4, 0.5) is 0 Å². The van der Waals surface area contributed by atoms with E-state index in [0.717, 1.165) is 42.4 Å². The van der Waals surface area contributed by atoms with Crippen molar-refractivity contribution in [2.24, 2.45) is 0 Å². The van der Waals surface area contributed by atoms with Gasteiger partial charge in [0.2, 0.25) is 0 Å². The van der Waals surface area contributed by atoms with Crippen LogP contribution in [0.25, 0.3) is 11.3 Å². The Bertz CT molecular complexity index is 514. The van der Waals surface area contributed by atoms with Crippen molar-refractivity contribution < 1.29 is 9.84 Å². The molecule has 2 aromatic rings. The molecule has 108 valence electrons. The minimum absolute atomic E-state index is 0.00159. The van der Waals surface area contributed by atoms with Gasteiger partial charge in [-0.1, -0.05) is 30.3 Å². The third-order valence-corrected chi connectivity index (χ3v) is 4.04. The van der Waals surface area contributed by atoms with Crippen molar-refractivity contribution in [3.8, 4) is 11.3 Å². The van der Waals surface area contributed by atoms with Gasteiger partial charge >= 0.3 is 0 Å². The molecule has 0 saturated carbocycles. The molecule has 0 radical (unpaired) electrons. The second-order valence-corrected chi connectivity index (χ2v) is 5.56. The summed E-state index contributed by atoms with van der Waals surface area (Å²) in [6.07, 6.45) is 0.908. The average Bonchev–Trinajstić information content (AvgIpc) is 2.91. The molecule has 0 amide bonds. The van der Waals surface area contributed by atoms with Gasteiger partial charge in [0.15, 0.2) is 0 Å². The second kappa shape index (κ2) is 8.11. The zero-order valence-corrected chi connectivity index (χ0v) is 12.4. The number of methoxy groups -OCH3 is 1. The Labute approximate surface area is 123 Å². The van der Waals surface area contributed by atoms with Gasteiger partial charge in [0.05, 0.1) is 18.9 Å². The highest BCUT2D eigenvalue weighted by molar-refractivity contribution is 7.12. The van der Waals surface area contributed by atoms with Crippen molar-refractivity contribution in [3.05, 3.63) is 40.2 Å². The average molecular weight is 292 g/mol. The molecule has 0 spiro atoms. The fraction of sp³-hybridized carbons (Fsp3) is 0.400. The lowest BCUT2D eigenvalue weighted by molar-refractivity contribution is 0.199. The molecule has 5 heteroatoms. The second-order valence-electron chi connectivity index (χ2n) is 4.40. The van der Waals surface area contributed by atoms with Gasteiger partial charge in [-0.2, -0.15) is 0 Å². The van der Waals surface area contributed by atoms with Crippen LogP contribution < -0.4 is 5.32 Å². The maximum Gasteiger partial charge on any atom is 0.119 e. The number of aliphatic hydroxyl groups excluding tert-OH is 1. The fourth-order valence-corrected chi connectivity index (χ4v) is 2.91. The number of nitrogens with zero attached hydrogens (tertiary/aromatic N) is 1. The number of aromatic nitrogens is 1. The predicted octanol–water partition coefficient (Wildman–Crippen LogP) is 2.08. The number of rotatable bonds is 8. The standard InChI is InChI=1S/C15H20N2O2S/c1-19-10-9-16-8-7-13-15(17-14(11-18)20-13)12-5-3-2-4-6-12/h2-6,16,18H,7-11H2,1H3. The maximum atomic E-state index is 9.28. The minimum Gasteiger partial charge on any atom is -0.389 e. The van der Waals surface area contributed by atoms with Crippen molar-refractivity contribution in [2.45, 2.75) is 13.0 Å². The van der Waals surface area contributed by atoms with E-state index in [4.69, 9.17) is 4.74 Å². The maximum absolute atomic E-state index is 9.28. The number of hydrogen-bond donors (Lipinski definition) is 2. The van der Waals surface area contributed by atoms with Gasteiger partial charge in [0.25, 0.3) is 0 Å². The summed E-state index contributed by atoms with van der Waals surface area (Å²) >= 11 is 1.59. The van der Waals surface area contributed by atoms with Crippen LogP contribution >= 0.6 is 11.3 Å². The van der Waals surface area contributed by atoms with Gasteiger partial charge in [0, 0.05) is 30.6 Å². The van der Waals surface area contributed by atoms with Crippen LogP contribution in [0.2, 0.25) is 0 Å². The smallest absolute Gasteiger partial charge is 0.119 e. The minimum atomic E-state index is 0.00159. The molecule has 0 atom stereocenters. The largest absolute Gasteiger partial charge is 0.389 e. The molecule has 0 unspecified atom stereocenters. The lowest BCUT2D eigenvalue weighted by atomic mass is 10.1. The highest BCUT2D eigenvalue weighted by Crippen LogP contribution is 2.28. The molecule has 1 aromatic carbocycles. The molecule has 2 N–H and O–H groups in total. The molecule has 1 heterocycles. The highest BCUT2D eigenvalue weighted by atomic mass is 32.1. The van der Waals surface area contributed by atoms with Crippen LogP contribution in [-0.2, 0) is 17.8 Å². The van der Waals surface area contributed by atoms with E-state index >= 15 is 0 Å². The number of aliphatic hydroxyl groups is 1. The van der Waals surface area contributed by atoms with Crippen molar-refractivity contribution in [1.82, 2.24) is 10.3 Å². The van der Waals surface area contributed by atoms with Crippen LogP contribution in [0.5, 0.6) is 0 Å². The molecular weight excluding hydrogens is 272 g/mol. The predicted molar refractivity (Wildman–Crippen MR) is 81.9 cm³/mol. The van der Waals surface area contributed by atoms with Crippen molar-refractivity contribution in [2.75, 3.05) is 26.8 Å². The van der Waals surface area contributed by atoms with E-state index in [9.17, 15) is 5.11 Å². The summed E-state index contributed by atoms with van der Waals surface area (Å²) in [7, 11) is 1.70. The zero-order chi connectivity index (χ0) is 14.2. The van der Waals surface area contributed by atoms with E-state index in [1.807, 2.05) is 18.2 Å². The van der Waals surface area contributed by atoms with Gasteiger partial charge in [-0.05, 0) is 6.42 Å². The van der Waals surface area contributed by atoms with Crippen LogP contribution in [0.15, 0.2) is 30.3 Å². The lowest BCUT2D eigenvalue weighted by Crippen LogP contribution is -2.21. The van der Waals surface area contributed by atoms with Gasteiger partial charge < -0.3 is 15.2 Å². The Kier molecular flexibility index (Phi) is 6.14. The van der Waals surface area contributed by atoms with Gasteiger partial charge in [-0.3, -0.25) is 0 Å². The van der Waals surface area contributed by atoms with E-state index in [1.54, 1.807) is 18.4 Å². The summed E-state index contributed by atoms with van der Waals surface area (Å²) in [5.41, 5.74) is 2.10. The molecular formula is C15H20N2O2S. The van der Waals surface area contributed by atoms with Gasteiger partial charge in [0.1, 0.15) is 5.01 Å². The van der Waals surface area contributed by atoms with Crippen molar-refractivity contribution in [1.29, 1.82) is 0 Å². The summed E-state index contributed by atoms with van der Waals surface area (Å²) in [5.74, 6) is 0. The first-order valence-corrected chi connectivity index (χ1v) is 7.51. The van der Waals surface area contributed by atoms with Crippen molar-refractivity contribution in [3.63, 3.8) is 0 Å². The van der Waals surface area contributed by atoms with Crippen molar-refractivity contribution >= 4 is 11.3 Å².